The maximum absolute atomic E-state index is 12.7. The van der Waals surface area contributed by atoms with Crippen LogP contribution < -0.4 is 18.9 Å². The molecule has 0 bridgehead atoms. The minimum absolute atomic E-state index is 0.000346. The van der Waals surface area contributed by atoms with Crippen LogP contribution in [-0.4, -0.2) is 36.2 Å². The number of unbranched alkanes of at least 4 members (excludes halogenated alkanes) is 5. The maximum atomic E-state index is 12.7. The van der Waals surface area contributed by atoms with Crippen molar-refractivity contribution in [2.24, 2.45) is 0 Å². The fourth-order valence-corrected chi connectivity index (χ4v) is 3.82. The Kier molecular flexibility index (Phi) is 12.0. The van der Waals surface area contributed by atoms with E-state index in [1.54, 1.807) is 48.5 Å². The molecule has 0 spiro atoms. The predicted molar refractivity (Wildman–Crippen MR) is 151 cm³/mol. The molecule has 3 aromatic carbocycles. The summed E-state index contributed by atoms with van der Waals surface area (Å²) in [7, 11) is 0. The molecule has 0 aliphatic carbocycles. The van der Waals surface area contributed by atoms with Gasteiger partial charge in [0.05, 0.1) is 24.3 Å². The molecule has 0 aliphatic rings. The molecule has 1 N–H and O–H groups in total. The molecule has 0 saturated carbocycles. The zero-order chi connectivity index (χ0) is 28.7. The number of hydrogen-bond acceptors (Lipinski definition) is 7. The number of carbonyl (C=O) groups is 3. The van der Waals surface area contributed by atoms with Crippen molar-refractivity contribution in [3.8, 4) is 23.0 Å². The quantitative estimate of drug-likeness (QED) is 0.112. The SMILES string of the molecule is CCCCCCCCOc1ccc(C(=O)Oc2ccc(OC(=O)c3ccc(OCCC)cc3)cc2C(=O)O)cc1. The highest BCUT2D eigenvalue weighted by molar-refractivity contribution is 5.96. The van der Waals surface area contributed by atoms with Crippen molar-refractivity contribution in [2.75, 3.05) is 13.2 Å². The first-order valence-corrected chi connectivity index (χ1v) is 13.7. The first-order chi connectivity index (χ1) is 19.4. The molecule has 3 rings (SSSR count). The van der Waals surface area contributed by atoms with Gasteiger partial charge in [0.15, 0.2) is 0 Å². The third-order valence-electron chi connectivity index (χ3n) is 6.01. The first-order valence-electron chi connectivity index (χ1n) is 13.7. The zero-order valence-electron chi connectivity index (χ0n) is 23.0. The van der Waals surface area contributed by atoms with Gasteiger partial charge in [0.1, 0.15) is 28.6 Å². The second kappa shape index (κ2) is 15.9. The molecule has 0 saturated heterocycles. The van der Waals surface area contributed by atoms with Gasteiger partial charge in [-0.2, -0.15) is 0 Å². The van der Waals surface area contributed by atoms with E-state index in [-0.39, 0.29) is 28.2 Å². The second-order valence-electron chi connectivity index (χ2n) is 9.26. The Balaban J connectivity index is 1.57. The molecule has 0 fully saturated rings. The van der Waals surface area contributed by atoms with Crippen molar-refractivity contribution in [1.29, 1.82) is 0 Å². The molecule has 40 heavy (non-hydrogen) atoms. The van der Waals surface area contributed by atoms with E-state index in [1.807, 2.05) is 6.92 Å². The van der Waals surface area contributed by atoms with E-state index in [0.29, 0.717) is 24.7 Å². The van der Waals surface area contributed by atoms with Gasteiger partial charge in [-0.05, 0) is 79.6 Å². The fourth-order valence-electron chi connectivity index (χ4n) is 3.82. The van der Waals surface area contributed by atoms with Gasteiger partial charge in [0, 0.05) is 0 Å². The van der Waals surface area contributed by atoms with Crippen molar-refractivity contribution in [2.45, 2.75) is 58.8 Å². The molecule has 0 unspecified atom stereocenters. The average molecular weight is 549 g/mol. The van der Waals surface area contributed by atoms with Crippen molar-refractivity contribution < 1.29 is 38.4 Å². The van der Waals surface area contributed by atoms with Gasteiger partial charge in [0.2, 0.25) is 0 Å². The van der Waals surface area contributed by atoms with Crippen molar-refractivity contribution in [3.63, 3.8) is 0 Å². The van der Waals surface area contributed by atoms with Crippen LogP contribution in [0.1, 0.15) is 89.9 Å². The molecular formula is C32H36O8. The molecule has 0 aliphatic heterocycles. The standard InChI is InChI=1S/C32H36O8/c1-3-5-6-7-8-9-21-38-26-16-12-24(13-17-26)32(36)40-29-19-18-27(22-28(29)30(33)34)39-31(35)23-10-14-25(15-11-23)37-20-4-2/h10-19,22H,3-9,20-21H2,1-2H3,(H,33,34). The van der Waals surface area contributed by atoms with Crippen LogP contribution in [0.15, 0.2) is 66.7 Å². The maximum Gasteiger partial charge on any atom is 0.343 e. The van der Waals surface area contributed by atoms with Crippen molar-refractivity contribution >= 4 is 17.9 Å². The lowest BCUT2D eigenvalue weighted by Crippen LogP contribution is -2.13. The molecule has 3 aromatic rings. The van der Waals surface area contributed by atoms with E-state index < -0.39 is 17.9 Å². The van der Waals surface area contributed by atoms with E-state index in [2.05, 4.69) is 6.92 Å². The van der Waals surface area contributed by atoms with Crippen LogP contribution in [0.4, 0.5) is 0 Å². The van der Waals surface area contributed by atoms with Gasteiger partial charge in [0.25, 0.3) is 0 Å². The molecule has 0 heterocycles. The van der Waals surface area contributed by atoms with Crippen LogP contribution in [0.5, 0.6) is 23.0 Å². The molecular weight excluding hydrogens is 512 g/mol. The monoisotopic (exact) mass is 548 g/mol. The van der Waals surface area contributed by atoms with E-state index in [9.17, 15) is 19.5 Å². The number of aromatic carboxylic acids is 1. The molecule has 212 valence electrons. The van der Waals surface area contributed by atoms with E-state index >= 15 is 0 Å². The highest BCUT2D eigenvalue weighted by Crippen LogP contribution is 2.27. The molecule has 0 aromatic heterocycles. The third-order valence-corrected chi connectivity index (χ3v) is 6.01. The largest absolute Gasteiger partial charge is 0.494 e. The first kappa shape index (κ1) is 30.2. The minimum atomic E-state index is -1.34. The smallest absolute Gasteiger partial charge is 0.343 e. The molecule has 0 atom stereocenters. The van der Waals surface area contributed by atoms with Crippen LogP contribution in [0.3, 0.4) is 0 Å². The van der Waals surface area contributed by atoms with Crippen LogP contribution >= 0.6 is 0 Å². The summed E-state index contributed by atoms with van der Waals surface area (Å²) in [6, 6.07) is 16.7. The second-order valence-corrected chi connectivity index (χ2v) is 9.26. The summed E-state index contributed by atoms with van der Waals surface area (Å²) >= 11 is 0. The van der Waals surface area contributed by atoms with Crippen molar-refractivity contribution in [3.05, 3.63) is 83.4 Å². The normalized spacial score (nSPS) is 10.6. The number of rotatable bonds is 16. The van der Waals surface area contributed by atoms with Gasteiger partial charge in [-0.1, -0.05) is 46.0 Å². The van der Waals surface area contributed by atoms with Crippen LogP contribution in [0, 0.1) is 0 Å². The summed E-state index contributed by atoms with van der Waals surface area (Å²) < 4.78 is 21.9. The molecule has 8 nitrogen and oxygen atoms in total. The van der Waals surface area contributed by atoms with E-state index in [0.717, 1.165) is 25.3 Å². The Morgan fingerprint density at radius 2 is 1.12 bits per heavy atom. The molecule has 8 heteroatoms. The number of carbonyl (C=O) groups excluding carboxylic acids is 2. The van der Waals surface area contributed by atoms with Crippen LogP contribution in [-0.2, 0) is 0 Å². The lowest BCUT2D eigenvalue weighted by atomic mass is 10.1. The Morgan fingerprint density at radius 1 is 0.600 bits per heavy atom. The van der Waals surface area contributed by atoms with Crippen LogP contribution in [0.2, 0.25) is 0 Å². The summed E-state index contributed by atoms with van der Waals surface area (Å²) in [6.45, 7) is 5.36. The van der Waals surface area contributed by atoms with Crippen molar-refractivity contribution in [1.82, 2.24) is 0 Å². The molecule has 0 radical (unpaired) electrons. The minimum Gasteiger partial charge on any atom is -0.494 e. The number of ether oxygens (including phenoxy) is 4. The average Bonchev–Trinajstić information content (AvgIpc) is 2.96. The van der Waals surface area contributed by atoms with Gasteiger partial charge in [-0.3, -0.25) is 0 Å². The Hall–Kier alpha value is -4.33. The Morgan fingerprint density at radius 3 is 1.70 bits per heavy atom. The summed E-state index contributed by atoms with van der Waals surface area (Å²) in [5, 5.41) is 9.66. The zero-order valence-corrected chi connectivity index (χ0v) is 23.0. The number of carboxylic acids is 1. The van der Waals surface area contributed by atoms with E-state index in [1.165, 1.54) is 37.8 Å². The Bertz CT molecular complexity index is 1250. The highest BCUT2D eigenvalue weighted by atomic mass is 16.5. The predicted octanol–water partition coefficient (Wildman–Crippen LogP) is 7.35. The van der Waals surface area contributed by atoms with Gasteiger partial charge in [-0.25, -0.2) is 14.4 Å². The third kappa shape index (κ3) is 9.45. The summed E-state index contributed by atoms with van der Waals surface area (Å²) in [6.07, 6.45) is 7.87. The van der Waals surface area contributed by atoms with Gasteiger partial charge < -0.3 is 24.1 Å². The summed E-state index contributed by atoms with van der Waals surface area (Å²) in [5.74, 6) is -1.62. The number of esters is 2. The number of benzene rings is 3. The topological polar surface area (TPSA) is 108 Å². The number of carboxylic acid groups (broad SMARTS) is 1. The van der Waals surface area contributed by atoms with E-state index in [4.69, 9.17) is 18.9 Å². The van der Waals surface area contributed by atoms with Crippen LogP contribution in [0.25, 0.3) is 0 Å². The molecule has 0 amide bonds. The highest BCUT2D eigenvalue weighted by Gasteiger charge is 2.19. The summed E-state index contributed by atoms with van der Waals surface area (Å²) in [4.78, 5) is 37.1. The van der Waals surface area contributed by atoms with Gasteiger partial charge in [-0.15, -0.1) is 0 Å². The Labute approximate surface area is 234 Å². The fraction of sp³-hybridized carbons (Fsp3) is 0.344. The lowest BCUT2D eigenvalue weighted by molar-refractivity contribution is 0.0670. The lowest BCUT2D eigenvalue weighted by Gasteiger charge is -2.11. The number of hydrogen-bond donors (Lipinski definition) is 1. The van der Waals surface area contributed by atoms with Gasteiger partial charge >= 0.3 is 17.9 Å². The summed E-state index contributed by atoms with van der Waals surface area (Å²) in [5.41, 5.74) is 0.196.